The lowest BCUT2D eigenvalue weighted by atomic mass is 10.2. The number of methoxy groups -OCH3 is 2. The van der Waals surface area contributed by atoms with E-state index in [1.54, 1.807) is 26.4 Å². The number of benzene rings is 1. The second-order valence-corrected chi connectivity index (χ2v) is 7.39. The van der Waals surface area contributed by atoms with Crippen molar-refractivity contribution in [3.05, 3.63) is 12.1 Å². The summed E-state index contributed by atoms with van der Waals surface area (Å²) < 4.78 is 16.1. The molecule has 162 valence electrons. The Balaban J connectivity index is 1.44. The Hall–Kier alpha value is -2.85. The summed E-state index contributed by atoms with van der Waals surface area (Å²) in [6.07, 6.45) is 0. The van der Waals surface area contributed by atoms with Gasteiger partial charge in [-0.05, 0) is 6.07 Å². The number of nitrogens with zero attached hydrogens (tertiary/aromatic N) is 5. The van der Waals surface area contributed by atoms with Crippen LogP contribution in [0, 0.1) is 0 Å². The number of nitrogen functional groups attached to an aromatic ring is 1. The largest absolute Gasteiger partial charge is 0.493 e. The lowest BCUT2D eigenvalue weighted by Gasteiger charge is -2.36. The van der Waals surface area contributed by atoms with E-state index in [1.165, 1.54) is 0 Å². The second-order valence-electron chi connectivity index (χ2n) is 7.39. The van der Waals surface area contributed by atoms with Crippen molar-refractivity contribution in [3.63, 3.8) is 0 Å². The molecule has 2 N–H and O–H groups in total. The molecule has 4 rings (SSSR count). The number of aromatic nitrogens is 2. The predicted molar refractivity (Wildman–Crippen MR) is 113 cm³/mol. The quantitative estimate of drug-likeness (QED) is 0.732. The maximum absolute atomic E-state index is 12.6. The van der Waals surface area contributed by atoms with Gasteiger partial charge in [-0.25, -0.2) is 4.98 Å². The highest BCUT2D eigenvalue weighted by Crippen LogP contribution is 2.34. The highest BCUT2D eigenvalue weighted by Gasteiger charge is 2.25. The van der Waals surface area contributed by atoms with Gasteiger partial charge in [0.2, 0.25) is 11.9 Å². The van der Waals surface area contributed by atoms with Gasteiger partial charge in [0.05, 0.1) is 39.5 Å². The second kappa shape index (κ2) is 8.88. The Morgan fingerprint density at radius 2 is 1.70 bits per heavy atom. The molecule has 3 heterocycles. The van der Waals surface area contributed by atoms with Gasteiger partial charge in [0.25, 0.3) is 0 Å². The van der Waals surface area contributed by atoms with E-state index < -0.39 is 0 Å². The summed E-state index contributed by atoms with van der Waals surface area (Å²) in [4.78, 5) is 27.9. The van der Waals surface area contributed by atoms with Crippen molar-refractivity contribution in [2.24, 2.45) is 0 Å². The molecule has 2 saturated heterocycles. The van der Waals surface area contributed by atoms with Crippen LogP contribution in [-0.2, 0) is 9.53 Å². The van der Waals surface area contributed by atoms with Gasteiger partial charge in [-0.2, -0.15) is 4.98 Å². The normalized spacial score (nSPS) is 17.9. The van der Waals surface area contributed by atoms with E-state index in [-0.39, 0.29) is 5.91 Å². The summed E-state index contributed by atoms with van der Waals surface area (Å²) >= 11 is 0. The fourth-order valence-corrected chi connectivity index (χ4v) is 3.81. The van der Waals surface area contributed by atoms with Crippen molar-refractivity contribution < 1.29 is 19.0 Å². The number of nitrogens with two attached hydrogens (primary N) is 1. The van der Waals surface area contributed by atoms with Crippen LogP contribution in [0.2, 0.25) is 0 Å². The van der Waals surface area contributed by atoms with Gasteiger partial charge in [-0.1, -0.05) is 0 Å². The van der Waals surface area contributed by atoms with Crippen LogP contribution in [0.25, 0.3) is 10.9 Å². The zero-order valence-electron chi connectivity index (χ0n) is 17.5. The van der Waals surface area contributed by atoms with Gasteiger partial charge in [0.1, 0.15) is 5.82 Å². The monoisotopic (exact) mass is 416 g/mol. The van der Waals surface area contributed by atoms with Crippen LogP contribution in [0.1, 0.15) is 0 Å². The molecule has 0 radical (unpaired) electrons. The fraction of sp³-hybridized carbons (Fsp3) is 0.550. The van der Waals surface area contributed by atoms with E-state index in [0.29, 0.717) is 74.7 Å². The van der Waals surface area contributed by atoms with Crippen LogP contribution < -0.4 is 20.1 Å². The van der Waals surface area contributed by atoms with Crippen molar-refractivity contribution in [2.75, 3.05) is 83.9 Å². The molecule has 10 heteroatoms. The highest BCUT2D eigenvalue weighted by molar-refractivity contribution is 5.91. The summed E-state index contributed by atoms with van der Waals surface area (Å²) in [7, 11) is 3.16. The molecule has 0 aliphatic carbocycles. The molecule has 2 aliphatic rings. The minimum atomic E-state index is 0.160. The Labute approximate surface area is 175 Å². The molecule has 30 heavy (non-hydrogen) atoms. The molecule has 0 atom stereocenters. The molecule has 0 spiro atoms. The first-order chi connectivity index (χ1) is 14.6. The number of carbonyl (C=O) groups is 1. The van der Waals surface area contributed by atoms with Gasteiger partial charge in [0.15, 0.2) is 11.5 Å². The van der Waals surface area contributed by atoms with E-state index in [2.05, 4.69) is 19.8 Å². The molecular formula is C20H28N6O4. The Bertz CT molecular complexity index is 910. The van der Waals surface area contributed by atoms with Crippen molar-refractivity contribution in [1.82, 2.24) is 19.8 Å². The standard InChI is InChI=1S/C20H28N6O4/c1-28-16-11-14-15(12-17(16)29-2)22-20(23-19(14)21)26-5-3-25(4-6-26)18(27)13-24-7-9-30-10-8-24/h11-12H,3-10,13H2,1-2H3,(H2,21,22,23). The minimum absolute atomic E-state index is 0.160. The molecule has 0 saturated carbocycles. The van der Waals surface area contributed by atoms with Crippen LogP contribution in [0.3, 0.4) is 0 Å². The van der Waals surface area contributed by atoms with Gasteiger partial charge < -0.3 is 29.7 Å². The number of rotatable bonds is 5. The number of ether oxygens (including phenoxy) is 3. The smallest absolute Gasteiger partial charge is 0.236 e. The van der Waals surface area contributed by atoms with Crippen molar-refractivity contribution >= 4 is 28.6 Å². The lowest BCUT2D eigenvalue weighted by Crippen LogP contribution is -2.52. The molecule has 1 aromatic carbocycles. The van der Waals surface area contributed by atoms with Crippen molar-refractivity contribution in [2.45, 2.75) is 0 Å². The third-order valence-electron chi connectivity index (χ3n) is 5.60. The molecule has 0 bridgehead atoms. The number of carbonyl (C=O) groups excluding carboxylic acids is 1. The van der Waals surface area contributed by atoms with Crippen LogP contribution in [0.4, 0.5) is 11.8 Å². The van der Waals surface area contributed by atoms with Gasteiger partial charge in [-0.3, -0.25) is 9.69 Å². The first-order valence-electron chi connectivity index (χ1n) is 10.1. The van der Waals surface area contributed by atoms with Gasteiger partial charge >= 0.3 is 0 Å². The van der Waals surface area contributed by atoms with E-state index in [0.717, 1.165) is 18.5 Å². The Morgan fingerprint density at radius 3 is 2.37 bits per heavy atom. The zero-order chi connectivity index (χ0) is 21.1. The predicted octanol–water partition coefficient (Wildman–Crippen LogP) is 0.210. The van der Waals surface area contributed by atoms with Crippen LogP contribution in [0.5, 0.6) is 11.5 Å². The average molecular weight is 416 g/mol. The number of hydrogen-bond donors (Lipinski definition) is 1. The topological polar surface area (TPSA) is 106 Å². The Morgan fingerprint density at radius 1 is 1.03 bits per heavy atom. The van der Waals surface area contributed by atoms with E-state index in [4.69, 9.17) is 19.9 Å². The number of morpholine rings is 1. The number of fused-ring (bicyclic) bond motifs is 1. The number of amides is 1. The highest BCUT2D eigenvalue weighted by atomic mass is 16.5. The number of piperazine rings is 1. The molecule has 0 unspecified atom stereocenters. The van der Waals surface area contributed by atoms with E-state index in [9.17, 15) is 4.79 Å². The minimum Gasteiger partial charge on any atom is -0.493 e. The summed E-state index contributed by atoms with van der Waals surface area (Å²) in [5.74, 6) is 2.29. The summed E-state index contributed by atoms with van der Waals surface area (Å²) in [5.41, 5.74) is 6.90. The molecular weight excluding hydrogens is 388 g/mol. The fourth-order valence-electron chi connectivity index (χ4n) is 3.81. The van der Waals surface area contributed by atoms with Gasteiger partial charge in [-0.15, -0.1) is 0 Å². The maximum Gasteiger partial charge on any atom is 0.236 e. The van der Waals surface area contributed by atoms with E-state index in [1.807, 2.05) is 4.90 Å². The van der Waals surface area contributed by atoms with E-state index >= 15 is 0 Å². The molecule has 2 fully saturated rings. The maximum atomic E-state index is 12.6. The number of hydrogen-bond acceptors (Lipinski definition) is 9. The lowest BCUT2D eigenvalue weighted by molar-refractivity contribution is -0.133. The van der Waals surface area contributed by atoms with Crippen molar-refractivity contribution in [1.29, 1.82) is 0 Å². The first kappa shape index (κ1) is 20.4. The summed E-state index contributed by atoms with van der Waals surface area (Å²) in [5, 5.41) is 0.718. The third kappa shape index (κ3) is 4.19. The zero-order valence-corrected chi connectivity index (χ0v) is 17.5. The Kier molecular flexibility index (Phi) is 6.05. The third-order valence-corrected chi connectivity index (χ3v) is 5.60. The van der Waals surface area contributed by atoms with Crippen LogP contribution >= 0.6 is 0 Å². The molecule has 1 amide bonds. The van der Waals surface area contributed by atoms with Gasteiger partial charge in [0, 0.05) is 50.7 Å². The first-order valence-corrected chi connectivity index (χ1v) is 10.1. The van der Waals surface area contributed by atoms with Crippen LogP contribution in [-0.4, -0.2) is 98.9 Å². The molecule has 1 aromatic heterocycles. The molecule has 2 aliphatic heterocycles. The average Bonchev–Trinajstić information content (AvgIpc) is 2.79. The summed E-state index contributed by atoms with van der Waals surface area (Å²) in [6, 6.07) is 3.59. The van der Waals surface area contributed by atoms with Crippen molar-refractivity contribution in [3.8, 4) is 11.5 Å². The SMILES string of the molecule is COc1cc2nc(N3CCN(C(=O)CN4CCOCC4)CC3)nc(N)c2cc1OC. The van der Waals surface area contributed by atoms with Crippen LogP contribution in [0.15, 0.2) is 12.1 Å². The number of anilines is 2. The molecule has 2 aromatic rings. The summed E-state index contributed by atoms with van der Waals surface area (Å²) in [6.45, 7) is 6.04. The molecule has 10 nitrogen and oxygen atoms in total.